The van der Waals surface area contributed by atoms with Gasteiger partial charge in [-0.1, -0.05) is 24.3 Å². The third-order valence-corrected chi connectivity index (χ3v) is 3.78. The summed E-state index contributed by atoms with van der Waals surface area (Å²) < 4.78 is 5.49. The van der Waals surface area contributed by atoms with Crippen molar-refractivity contribution in [1.29, 1.82) is 0 Å². The van der Waals surface area contributed by atoms with E-state index in [1.807, 2.05) is 0 Å². The van der Waals surface area contributed by atoms with Crippen molar-refractivity contribution in [2.24, 2.45) is 0 Å². The normalized spacial score (nSPS) is 18.6. The van der Waals surface area contributed by atoms with E-state index in [0.717, 1.165) is 25.1 Å². The van der Waals surface area contributed by atoms with Crippen LogP contribution in [0.25, 0.3) is 0 Å². The highest BCUT2D eigenvalue weighted by molar-refractivity contribution is 5.42. The van der Waals surface area contributed by atoms with Crippen molar-refractivity contribution in [3.05, 3.63) is 41.5 Å². The van der Waals surface area contributed by atoms with Crippen molar-refractivity contribution < 1.29 is 4.74 Å². The van der Waals surface area contributed by atoms with Crippen molar-refractivity contribution in [2.45, 2.75) is 32.2 Å². The van der Waals surface area contributed by atoms with Gasteiger partial charge >= 0.3 is 0 Å². The van der Waals surface area contributed by atoms with Gasteiger partial charge in [0.2, 0.25) is 0 Å². The zero-order valence-electron chi connectivity index (χ0n) is 11.7. The van der Waals surface area contributed by atoms with E-state index in [-0.39, 0.29) is 0 Å². The van der Waals surface area contributed by atoms with Gasteiger partial charge in [0.05, 0.1) is 7.11 Å². The molecule has 1 aliphatic carbocycles. The third kappa shape index (κ3) is 2.75. The van der Waals surface area contributed by atoms with E-state index in [1.165, 1.54) is 23.1 Å². The second kappa shape index (κ2) is 5.57. The minimum atomic E-state index is 0.602. The third-order valence-electron chi connectivity index (χ3n) is 3.78. The molecule has 0 saturated carbocycles. The number of fused-ring (bicyclic) bond motifs is 1. The molecule has 0 N–H and O–H groups in total. The lowest BCUT2D eigenvalue weighted by Gasteiger charge is -2.33. The van der Waals surface area contributed by atoms with Crippen LogP contribution in [0.5, 0.6) is 5.75 Å². The highest BCUT2D eigenvalue weighted by atomic mass is 16.5. The summed E-state index contributed by atoms with van der Waals surface area (Å²) in [6, 6.07) is 6.99. The summed E-state index contributed by atoms with van der Waals surface area (Å²) in [6.45, 7) is 7.07. The molecule has 1 aromatic rings. The Labute approximate surface area is 110 Å². The van der Waals surface area contributed by atoms with Crippen LogP contribution in [0.15, 0.2) is 30.4 Å². The number of hydrogen-bond acceptors (Lipinski definition) is 2. The Kier molecular flexibility index (Phi) is 4.07. The first-order chi connectivity index (χ1) is 8.61. The van der Waals surface area contributed by atoms with Gasteiger partial charge < -0.3 is 4.74 Å². The SMILES string of the molecule is C=C(C)CN(C)C1CCc2cccc(OC)c2C1. The molecule has 1 aromatic carbocycles. The second-order valence-corrected chi connectivity index (χ2v) is 5.37. The van der Waals surface area contributed by atoms with Crippen molar-refractivity contribution >= 4 is 0 Å². The first-order valence-electron chi connectivity index (χ1n) is 6.61. The van der Waals surface area contributed by atoms with Gasteiger partial charge in [0.15, 0.2) is 0 Å². The molecule has 18 heavy (non-hydrogen) atoms. The summed E-state index contributed by atoms with van der Waals surface area (Å²) >= 11 is 0. The fourth-order valence-corrected chi connectivity index (χ4v) is 2.86. The van der Waals surface area contributed by atoms with Gasteiger partial charge in [-0.05, 0) is 50.4 Å². The fourth-order valence-electron chi connectivity index (χ4n) is 2.86. The van der Waals surface area contributed by atoms with E-state index in [1.54, 1.807) is 7.11 Å². The minimum Gasteiger partial charge on any atom is -0.496 e. The lowest BCUT2D eigenvalue weighted by molar-refractivity contribution is 0.236. The van der Waals surface area contributed by atoms with Crippen LogP contribution in [-0.4, -0.2) is 31.6 Å². The number of rotatable bonds is 4. The Morgan fingerprint density at radius 1 is 1.50 bits per heavy atom. The number of hydrogen-bond donors (Lipinski definition) is 0. The highest BCUT2D eigenvalue weighted by Crippen LogP contribution is 2.31. The summed E-state index contributed by atoms with van der Waals surface area (Å²) in [5.41, 5.74) is 4.07. The maximum absolute atomic E-state index is 5.49. The maximum Gasteiger partial charge on any atom is 0.122 e. The fraction of sp³-hybridized carbons (Fsp3) is 0.500. The minimum absolute atomic E-state index is 0.602. The summed E-state index contributed by atoms with van der Waals surface area (Å²) in [6.07, 6.45) is 3.46. The molecule has 0 amide bonds. The van der Waals surface area contributed by atoms with Crippen LogP contribution in [0, 0.1) is 0 Å². The van der Waals surface area contributed by atoms with Crippen LogP contribution in [0.3, 0.4) is 0 Å². The maximum atomic E-state index is 5.49. The molecule has 0 aromatic heterocycles. The Morgan fingerprint density at radius 3 is 2.94 bits per heavy atom. The molecule has 0 fully saturated rings. The number of nitrogens with zero attached hydrogens (tertiary/aromatic N) is 1. The largest absolute Gasteiger partial charge is 0.496 e. The molecule has 2 rings (SSSR count). The van der Waals surface area contributed by atoms with Crippen molar-refractivity contribution in [3.63, 3.8) is 0 Å². The standard InChI is InChI=1S/C16H23NO/c1-12(2)11-17(3)14-9-8-13-6-5-7-16(18-4)15(13)10-14/h5-7,14H,1,8-11H2,2-4H3. The average molecular weight is 245 g/mol. The quantitative estimate of drug-likeness (QED) is 0.756. The number of ether oxygens (including phenoxy) is 1. The molecular formula is C16H23NO. The second-order valence-electron chi connectivity index (χ2n) is 5.37. The number of methoxy groups -OCH3 is 1. The van der Waals surface area contributed by atoms with Gasteiger partial charge in [0, 0.05) is 12.6 Å². The monoisotopic (exact) mass is 245 g/mol. The zero-order chi connectivity index (χ0) is 13.1. The predicted octanol–water partition coefficient (Wildman–Crippen LogP) is 3.06. The highest BCUT2D eigenvalue weighted by Gasteiger charge is 2.24. The molecule has 1 unspecified atom stereocenters. The molecular weight excluding hydrogens is 222 g/mol. The number of aryl methyl sites for hydroxylation is 1. The van der Waals surface area contributed by atoms with Gasteiger partial charge in [0.25, 0.3) is 0 Å². The Balaban J connectivity index is 2.15. The van der Waals surface area contributed by atoms with Gasteiger partial charge in [-0.3, -0.25) is 4.90 Å². The molecule has 2 heteroatoms. The molecule has 0 heterocycles. The number of likely N-dealkylation sites (N-methyl/N-ethyl adjacent to an activating group) is 1. The summed E-state index contributed by atoms with van der Waals surface area (Å²) in [5, 5.41) is 0. The van der Waals surface area contributed by atoms with Crippen LogP contribution < -0.4 is 4.74 Å². The van der Waals surface area contributed by atoms with Gasteiger partial charge in [-0.15, -0.1) is 0 Å². The number of benzene rings is 1. The van der Waals surface area contributed by atoms with Crippen molar-refractivity contribution in [2.75, 3.05) is 20.7 Å². The van der Waals surface area contributed by atoms with Gasteiger partial charge in [-0.25, -0.2) is 0 Å². The van der Waals surface area contributed by atoms with Crippen molar-refractivity contribution in [3.8, 4) is 5.75 Å². The van der Waals surface area contributed by atoms with Crippen LogP contribution in [0.2, 0.25) is 0 Å². The van der Waals surface area contributed by atoms with Crippen LogP contribution in [-0.2, 0) is 12.8 Å². The topological polar surface area (TPSA) is 12.5 Å². The predicted molar refractivity (Wildman–Crippen MR) is 76.3 cm³/mol. The first kappa shape index (κ1) is 13.2. The molecule has 2 nitrogen and oxygen atoms in total. The van der Waals surface area contributed by atoms with Gasteiger partial charge in [0.1, 0.15) is 5.75 Å². The molecule has 1 atom stereocenters. The van der Waals surface area contributed by atoms with Crippen LogP contribution in [0.4, 0.5) is 0 Å². The average Bonchev–Trinajstić information content (AvgIpc) is 2.36. The van der Waals surface area contributed by atoms with Crippen molar-refractivity contribution in [1.82, 2.24) is 4.90 Å². The molecule has 0 aliphatic heterocycles. The molecule has 0 saturated heterocycles. The summed E-state index contributed by atoms with van der Waals surface area (Å²) in [7, 11) is 3.95. The van der Waals surface area contributed by atoms with E-state index in [2.05, 4.69) is 43.6 Å². The molecule has 0 bridgehead atoms. The lowest BCUT2D eigenvalue weighted by Crippen LogP contribution is -2.37. The van der Waals surface area contributed by atoms with E-state index in [9.17, 15) is 0 Å². The smallest absolute Gasteiger partial charge is 0.122 e. The summed E-state index contributed by atoms with van der Waals surface area (Å²) in [4.78, 5) is 2.41. The Bertz CT molecular complexity index is 424. The van der Waals surface area contributed by atoms with E-state index in [4.69, 9.17) is 4.74 Å². The lowest BCUT2D eigenvalue weighted by atomic mass is 9.87. The molecule has 98 valence electrons. The zero-order valence-corrected chi connectivity index (χ0v) is 11.7. The molecule has 1 aliphatic rings. The van der Waals surface area contributed by atoms with E-state index in [0.29, 0.717) is 6.04 Å². The molecule has 0 radical (unpaired) electrons. The molecule has 0 spiro atoms. The first-order valence-corrected chi connectivity index (χ1v) is 6.61. The van der Waals surface area contributed by atoms with Crippen LogP contribution >= 0.6 is 0 Å². The Morgan fingerprint density at radius 2 is 2.28 bits per heavy atom. The van der Waals surface area contributed by atoms with Crippen LogP contribution in [0.1, 0.15) is 24.5 Å². The summed E-state index contributed by atoms with van der Waals surface area (Å²) in [5.74, 6) is 1.04. The Hall–Kier alpha value is -1.28. The van der Waals surface area contributed by atoms with E-state index >= 15 is 0 Å². The van der Waals surface area contributed by atoms with E-state index < -0.39 is 0 Å². The van der Waals surface area contributed by atoms with Gasteiger partial charge in [-0.2, -0.15) is 0 Å².